The van der Waals surface area contributed by atoms with E-state index >= 15 is 0 Å². The van der Waals surface area contributed by atoms with E-state index in [1.54, 1.807) is 0 Å². The zero-order chi connectivity index (χ0) is 34.4. The summed E-state index contributed by atoms with van der Waals surface area (Å²) in [5.41, 5.74) is 12.5. The molecule has 10 aromatic rings. The maximum Gasteiger partial charge on any atom is -0.00201 e. The summed E-state index contributed by atoms with van der Waals surface area (Å²) in [6, 6.07) is 75.4. The van der Waals surface area contributed by atoms with Crippen LogP contribution >= 0.6 is 0 Å². The fourth-order valence-corrected chi connectivity index (χ4v) is 8.20. The highest BCUT2D eigenvalue weighted by Gasteiger charge is 2.18. The maximum atomic E-state index is 2.37. The highest BCUT2D eigenvalue weighted by molar-refractivity contribution is 6.23. The minimum absolute atomic E-state index is 1.22. The van der Waals surface area contributed by atoms with Crippen molar-refractivity contribution in [2.45, 2.75) is 0 Å². The summed E-state index contributed by atoms with van der Waals surface area (Å²) in [5, 5.41) is 10.1. The lowest BCUT2D eigenvalue weighted by molar-refractivity contribution is 1.58. The third-order valence-corrected chi connectivity index (χ3v) is 10.7. The summed E-state index contributed by atoms with van der Waals surface area (Å²) < 4.78 is 0. The third-order valence-electron chi connectivity index (χ3n) is 10.7. The third kappa shape index (κ3) is 5.08. The van der Waals surface area contributed by atoms with Gasteiger partial charge in [-0.15, -0.1) is 0 Å². The van der Waals surface area contributed by atoms with Crippen molar-refractivity contribution in [3.8, 4) is 55.6 Å². The van der Waals surface area contributed by atoms with Crippen LogP contribution in [0.4, 0.5) is 0 Å². The van der Waals surface area contributed by atoms with E-state index in [-0.39, 0.29) is 0 Å². The van der Waals surface area contributed by atoms with E-state index in [9.17, 15) is 0 Å². The van der Waals surface area contributed by atoms with Crippen molar-refractivity contribution in [2.24, 2.45) is 0 Å². The lowest BCUT2D eigenvalue weighted by Crippen LogP contribution is -1.92. The van der Waals surface area contributed by atoms with Crippen LogP contribution in [0.2, 0.25) is 0 Å². The van der Waals surface area contributed by atoms with Gasteiger partial charge >= 0.3 is 0 Å². The molecule has 0 amide bonds. The fourth-order valence-electron chi connectivity index (χ4n) is 8.20. The first-order chi connectivity index (χ1) is 25.8. The van der Waals surface area contributed by atoms with Gasteiger partial charge in [-0.25, -0.2) is 0 Å². The van der Waals surface area contributed by atoms with Crippen molar-refractivity contribution < 1.29 is 0 Å². The van der Waals surface area contributed by atoms with Crippen LogP contribution in [0.25, 0.3) is 98.7 Å². The average Bonchev–Trinajstić information content (AvgIpc) is 3.22. The van der Waals surface area contributed by atoms with E-state index in [1.807, 2.05) is 0 Å². The van der Waals surface area contributed by atoms with Crippen LogP contribution < -0.4 is 0 Å². The zero-order valence-electron chi connectivity index (χ0n) is 28.6. The molecule has 242 valence electrons. The van der Waals surface area contributed by atoms with Crippen LogP contribution in [0, 0.1) is 0 Å². The molecule has 0 fully saturated rings. The molecule has 0 heteroatoms. The molecule has 0 radical (unpaired) electrons. The molecule has 10 rings (SSSR count). The number of hydrogen-bond acceptors (Lipinski definition) is 0. The number of benzene rings is 10. The van der Waals surface area contributed by atoms with Crippen LogP contribution in [0.1, 0.15) is 0 Å². The van der Waals surface area contributed by atoms with Crippen LogP contribution in [-0.4, -0.2) is 0 Å². The van der Waals surface area contributed by atoms with Gasteiger partial charge in [0.05, 0.1) is 0 Å². The molecular weight excluding hydrogens is 625 g/mol. The summed E-state index contributed by atoms with van der Waals surface area (Å²) in [6.45, 7) is 0. The molecule has 0 aliphatic carbocycles. The van der Waals surface area contributed by atoms with Crippen molar-refractivity contribution in [1.82, 2.24) is 0 Å². The average molecular weight is 659 g/mol. The first-order valence-electron chi connectivity index (χ1n) is 18.0. The molecule has 0 aliphatic heterocycles. The molecule has 0 saturated carbocycles. The van der Waals surface area contributed by atoms with Crippen LogP contribution in [0.15, 0.2) is 206 Å². The van der Waals surface area contributed by atoms with E-state index in [1.165, 1.54) is 98.7 Å². The Balaban J connectivity index is 1.09. The molecule has 0 aliphatic rings. The van der Waals surface area contributed by atoms with Gasteiger partial charge < -0.3 is 0 Å². The van der Waals surface area contributed by atoms with Gasteiger partial charge in [0.15, 0.2) is 0 Å². The van der Waals surface area contributed by atoms with Crippen LogP contribution in [0.3, 0.4) is 0 Å². The van der Waals surface area contributed by atoms with Gasteiger partial charge in [0.1, 0.15) is 0 Å². The van der Waals surface area contributed by atoms with Gasteiger partial charge in [-0.05, 0) is 111 Å². The summed E-state index contributed by atoms with van der Waals surface area (Å²) in [6.07, 6.45) is 0. The fraction of sp³-hybridized carbons (Fsp3) is 0. The molecule has 0 nitrogen and oxygen atoms in total. The number of rotatable bonds is 5. The number of fused-ring (bicyclic) bond motifs is 4. The van der Waals surface area contributed by atoms with E-state index in [0.717, 1.165) is 0 Å². The second-order valence-corrected chi connectivity index (χ2v) is 13.6. The highest BCUT2D eigenvalue weighted by Crippen LogP contribution is 2.46. The molecule has 0 atom stereocenters. The molecule has 0 unspecified atom stereocenters. The van der Waals surface area contributed by atoms with Crippen molar-refractivity contribution in [1.29, 1.82) is 0 Å². The van der Waals surface area contributed by atoms with Crippen LogP contribution in [-0.2, 0) is 0 Å². The van der Waals surface area contributed by atoms with Crippen molar-refractivity contribution in [3.63, 3.8) is 0 Å². The second kappa shape index (κ2) is 12.5. The van der Waals surface area contributed by atoms with Gasteiger partial charge in [-0.2, -0.15) is 0 Å². The minimum atomic E-state index is 1.22. The molecule has 0 bridgehead atoms. The molecule has 0 aromatic heterocycles. The van der Waals surface area contributed by atoms with Gasteiger partial charge in [0.2, 0.25) is 0 Å². The molecule has 0 saturated heterocycles. The van der Waals surface area contributed by atoms with Gasteiger partial charge in [0.25, 0.3) is 0 Å². The summed E-state index contributed by atoms with van der Waals surface area (Å²) in [7, 11) is 0. The molecule has 0 heterocycles. The smallest absolute Gasteiger partial charge is 0.00201 e. The Bertz CT molecular complexity index is 2870. The minimum Gasteiger partial charge on any atom is -0.0622 e. The predicted molar refractivity (Wildman–Crippen MR) is 224 cm³/mol. The summed E-state index contributed by atoms with van der Waals surface area (Å²) in [5.74, 6) is 0. The second-order valence-electron chi connectivity index (χ2n) is 13.6. The SMILES string of the molecule is c1ccc(-c2ccc(-c3ccccc3-c3ccc4cc(-c5c6ccccc6c(-c6cccc7ccccc67)c6ccccc56)ccc4c3)cc2)cc1. The van der Waals surface area contributed by atoms with Crippen molar-refractivity contribution in [2.75, 3.05) is 0 Å². The first-order valence-corrected chi connectivity index (χ1v) is 18.0. The monoisotopic (exact) mass is 658 g/mol. The van der Waals surface area contributed by atoms with E-state index in [0.29, 0.717) is 0 Å². The largest absolute Gasteiger partial charge is 0.0622 e. The topological polar surface area (TPSA) is 0 Å². The summed E-state index contributed by atoms with van der Waals surface area (Å²) >= 11 is 0. The van der Waals surface area contributed by atoms with Crippen LogP contribution in [0.5, 0.6) is 0 Å². The lowest BCUT2D eigenvalue weighted by atomic mass is 9.84. The quantitative estimate of drug-likeness (QED) is 0.161. The van der Waals surface area contributed by atoms with E-state index < -0.39 is 0 Å². The Morgan fingerprint density at radius 3 is 1.29 bits per heavy atom. The Kier molecular flexibility index (Phi) is 7.25. The van der Waals surface area contributed by atoms with E-state index in [4.69, 9.17) is 0 Å². The van der Waals surface area contributed by atoms with Crippen molar-refractivity contribution in [3.05, 3.63) is 206 Å². The Morgan fingerprint density at radius 2 is 0.615 bits per heavy atom. The molecule has 52 heavy (non-hydrogen) atoms. The van der Waals surface area contributed by atoms with E-state index in [2.05, 4.69) is 206 Å². The van der Waals surface area contributed by atoms with Gasteiger partial charge in [-0.1, -0.05) is 194 Å². The standard InChI is InChI=1S/C52H34/c1-2-13-35(14-3-1)36-25-27-38(28-26-36)43-17-6-7-19-45(43)41-31-29-40-34-42(32-30-39(40)33-41)51-47-20-8-10-22-49(47)52(50-23-11-9-21-48(50)51)46-24-12-16-37-15-4-5-18-44(37)46/h1-34H. The molecule has 0 spiro atoms. The Morgan fingerprint density at radius 1 is 0.192 bits per heavy atom. The van der Waals surface area contributed by atoms with Gasteiger partial charge in [-0.3, -0.25) is 0 Å². The lowest BCUT2D eigenvalue weighted by Gasteiger charge is -2.19. The Hall–Kier alpha value is -6.76. The maximum absolute atomic E-state index is 2.37. The summed E-state index contributed by atoms with van der Waals surface area (Å²) in [4.78, 5) is 0. The number of hydrogen-bond donors (Lipinski definition) is 0. The molecular formula is C52H34. The zero-order valence-corrected chi connectivity index (χ0v) is 28.6. The molecule has 10 aromatic carbocycles. The molecule has 0 N–H and O–H groups in total. The predicted octanol–water partition coefficient (Wildman–Crippen LogP) is 14.6. The first kappa shape index (κ1) is 30.1. The normalized spacial score (nSPS) is 11.5. The van der Waals surface area contributed by atoms with Crippen molar-refractivity contribution >= 4 is 43.1 Å². The highest BCUT2D eigenvalue weighted by atomic mass is 14.2. The van der Waals surface area contributed by atoms with Gasteiger partial charge in [0, 0.05) is 0 Å². The Labute approximate surface area is 303 Å².